The highest BCUT2D eigenvalue weighted by Crippen LogP contribution is 2.35. The van der Waals surface area contributed by atoms with Gasteiger partial charge in [-0.25, -0.2) is 4.79 Å². The molecule has 0 fully saturated rings. The van der Waals surface area contributed by atoms with Gasteiger partial charge in [0.05, 0.1) is 0 Å². The maximum Gasteiger partial charge on any atom is 0.433 e. The molecule has 19 heavy (non-hydrogen) atoms. The van der Waals surface area contributed by atoms with Crippen LogP contribution in [0.15, 0.2) is 24.3 Å². The number of hydrogen-bond acceptors (Lipinski definition) is 3. The minimum absolute atomic E-state index is 0.0906. The van der Waals surface area contributed by atoms with Gasteiger partial charge in [0.1, 0.15) is 17.0 Å². The van der Waals surface area contributed by atoms with E-state index < -0.39 is 23.4 Å². The van der Waals surface area contributed by atoms with Crippen molar-refractivity contribution in [2.45, 2.75) is 6.18 Å². The third-order valence-corrected chi connectivity index (χ3v) is 2.40. The van der Waals surface area contributed by atoms with E-state index in [4.69, 9.17) is 10.2 Å². The molecule has 0 amide bonds. The van der Waals surface area contributed by atoms with Crippen LogP contribution in [-0.4, -0.2) is 26.4 Å². The summed E-state index contributed by atoms with van der Waals surface area (Å²) < 4.78 is 37.9. The van der Waals surface area contributed by atoms with E-state index in [2.05, 4.69) is 5.10 Å². The molecule has 0 aliphatic carbocycles. The molecule has 2 rings (SSSR count). The molecule has 0 radical (unpaired) electrons. The van der Waals surface area contributed by atoms with Gasteiger partial charge in [-0.2, -0.15) is 18.3 Å². The van der Waals surface area contributed by atoms with Crippen LogP contribution in [0.2, 0.25) is 0 Å². The maximum atomic E-state index is 12.6. The fraction of sp³-hybridized carbons (Fsp3) is 0.0909. The first-order valence-electron chi connectivity index (χ1n) is 4.99. The number of rotatable bonds is 2. The first-order valence-corrected chi connectivity index (χ1v) is 4.99. The number of aromatic amines is 1. The number of aromatic hydroxyl groups is 1. The highest BCUT2D eigenvalue weighted by atomic mass is 19.4. The summed E-state index contributed by atoms with van der Waals surface area (Å²) in [6.07, 6.45) is -4.84. The second-order valence-corrected chi connectivity index (χ2v) is 3.67. The van der Waals surface area contributed by atoms with Crippen molar-refractivity contribution in [2.75, 3.05) is 0 Å². The van der Waals surface area contributed by atoms with Crippen LogP contribution in [0.4, 0.5) is 13.2 Å². The fourth-order valence-electron chi connectivity index (χ4n) is 1.58. The Kier molecular flexibility index (Phi) is 2.93. The van der Waals surface area contributed by atoms with Gasteiger partial charge in [0.15, 0.2) is 5.69 Å². The molecule has 1 heterocycles. The zero-order chi connectivity index (χ0) is 14.2. The number of carboxylic acid groups (broad SMARTS) is 1. The molecule has 0 unspecified atom stereocenters. The average Bonchev–Trinajstić information content (AvgIpc) is 2.74. The van der Waals surface area contributed by atoms with E-state index in [1.807, 2.05) is 0 Å². The number of carboxylic acids is 1. The SMILES string of the molecule is O=C(O)c1c(-c2ccc(O)cc2)n[nH]c1C(F)(F)F. The Bertz CT molecular complexity index is 617. The molecule has 0 aliphatic heterocycles. The van der Waals surface area contributed by atoms with E-state index in [9.17, 15) is 18.0 Å². The molecule has 0 aliphatic rings. The Morgan fingerprint density at radius 3 is 2.26 bits per heavy atom. The Morgan fingerprint density at radius 2 is 1.79 bits per heavy atom. The number of nitrogens with zero attached hydrogens (tertiary/aromatic N) is 1. The standard InChI is InChI=1S/C11H7F3N2O3/c12-11(13,14)9-7(10(18)19)8(15-16-9)5-1-3-6(17)4-2-5/h1-4,17H,(H,15,16)(H,18,19). The van der Waals surface area contributed by atoms with E-state index in [1.165, 1.54) is 24.3 Å². The fourth-order valence-corrected chi connectivity index (χ4v) is 1.58. The van der Waals surface area contributed by atoms with Crippen molar-refractivity contribution in [1.82, 2.24) is 10.2 Å². The van der Waals surface area contributed by atoms with Crippen LogP contribution >= 0.6 is 0 Å². The van der Waals surface area contributed by atoms with Gasteiger partial charge in [0.2, 0.25) is 0 Å². The molecule has 0 saturated heterocycles. The Morgan fingerprint density at radius 1 is 1.21 bits per heavy atom. The van der Waals surface area contributed by atoms with Gasteiger partial charge in [0.25, 0.3) is 0 Å². The number of carbonyl (C=O) groups is 1. The lowest BCUT2D eigenvalue weighted by molar-refractivity contribution is -0.141. The third kappa shape index (κ3) is 2.37. The van der Waals surface area contributed by atoms with E-state index in [0.717, 1.165) is 0 Å². The minimum Gasteiger partial charge on any atom is -0.508 e. The van der Waals surface area contributed by atoms with Gasteiger partial charge in [-0.15, -0.1) is 0 Å². The monoisotopic (exact) mass is 272 g/mol. The van der Waals surface area contributed by atoms with Crippen LogP contribution in [0.3, 0.4) is 0 Å². The molecule has 0 saturated carbocycles. The van der Waals surface area contributed by atoms with Gasteiger partial charge in [0, 0.05) is 5.56 Å². The summed E-state index contributed by atoms with van der Waals surface area (Å²) in [5.41, 5.74) is -2.54. The highest BCUT2D eigenvalue weighted by molar-refractivity contribution is 5.96. The van der Waals surface area contributed by atoms with Crippen LogP contribution < -0.4 is 0 Å². The second-order valence-electron chi connectivity index (χ2n) is 3.67. The molecular weight excluding hydrogens is 265 g/mol. The van der Waals surface area contributed by atoms with Gasteiger partial charge < -0.3 is 10.2 Å². The van der Waals surface area contributed by atoms with Crippen molar-refractivity contribution in [3.63, 3.8) is 0 Å². The van der Waals surface area contributed by atoms with Crippen LogP contribution in [0.1, 0.15) is 16.1 Å². The predicted octanol–water partition coefficient (Wildman–Crippen LogP) is 2.50. The quantitative estimate of drug-likeness (QED) is 0.784. The molecule has 2 aromatic rings. The molecule has 0 bridgehead atoms. The van der Waals surface area contributed by atoms with Crippen molar-refractivity contribution in [3.05, 3.63) is 35.5 Å². The van der Waals surface area contributed by atoms with E-state index >= 15 is 0 Å². The number of hydrogen-bond donors (Lipinski definition) is 3. The Hall–Kier alpha value is -2.51. The van der Waals surface area contributed by atoms with Gasteiger partial charge in [-0.3, -0.25) is 5.10 Å². The number of halogens is 3. The number of aromatic carboxylic acids is 1. The summed E-state index contributed by atoms with van der Waals surface area (Å²) in [6, 6.07) is 5.00. The lowest BCUT2D eigenvalue weighted by Crippen LogP contribution is -2.12. The van der Waals surface area contributed by atoms with Crippen molar-refractivity contribution >= 4 is 5.97 Å². The zero-order valence-electron chi connectivity index (χ0n) is 9.19. The van der Waals surface area contributed by atoms with Crippen LogP contribution in [0.5, 0.6) is 5.75 Å². The van der Waals surface area contributed by atoms with Crippen molar-refractivity contribution in [3.8, 4) is 17.0 Å². The normalized spacial score (nSPS) is 11.5. The summed E-state index contributed by atoms with van der Waals surface area (Å²) >= 11 is 0. The predicted molar refractivity (Wildman–Crippen MR) is 57.6 cm³/mol. The number of benzene rings is 1. The molecule has 3 N–H and O–H groups in total. The molecular formula is C11H7F3N2O3. The highest BCUT2D eigenvalue weighted by Gasteiger charge is 2.39. The van der Waals surface area contributed by atoms with Crippen molar-refractivity contribution in [2.24, 2.45) is 0 Å². The lowest BCUT2D eigenvalue weighted by atomic mass is 10.1. The summed E-state index contributed by atoms with van der Waals surface area (Å²) in [5, 5.41) is 23.1. The number of alkyl halides is 3. The van der Waals surface area contributed by atoms with Crippen LogP contribution in [0, 0.1) is 0 Å². The number of H-pyrrole nitrogens is 1. The van der Waals surface area contributed by atoms with Gasteiger partial charge in [-0.1, -0.05) is 0 Å². The number of aromatic nitrogens is 2. The van der Waals surface area contributed by atoms with Crippen molar-refractivity contribution < 1.29 is 28.2 Å². The molecule has 1 aromatic heterocycles. The number of nitrogens with one attached hydrogen (secondary N) is 1. The minimum atomic E-state index is -4.84. The molecule has 8 heteroatoms. The lowest BCUT2D eigenvalue weighted by Gasteiger charge is -2.05. The van der Waals surface area contributed by atoms with E-state index in [0.29, 0.717) is 0 Å². The van der Waals surface area contributed by atoms with Crippen LogP contribution in [-0.2, 0) is 6.18 Å². The molecule has 0 atom stereocenters. The smallest absolute Gasteiger partial charge is 0.433 e. The molecule has 5 nitrogen and oxygen atoms in total. The van der Waals surface area contributed by atoms with Crippen molar-refractivity contribution in [1.29, 1.82) is 0 Å². The summed E-state index contributed by atoms with van der Waals surface area (Å²) in [5.74, 6) is -1.82. The largest absolute Gasteiger partial charge is 0.508 e. The zero-order valence-corrected chi connectivity index (χ0v) is 9.19. The second kappa shape index (κ2) is 4.30. The van der Waals surface area contributed by atoms with E-state index in [-0.39, 0.29) is 17.0 Å². The Labute approximate surface area is 104 Å². The van der Waals surface area contributed by atoms with Gasteiger partial charge >= 0.3 is 12.1 Å². The summed E-state index contributed by atoms with van der Waals surface area (Å²) in [7, 11) is 0. The average molecular weight is 272 g/mol. The maximum absolute atomic E-state index is 12.6. The topological polar surface area (TPSA) is 86.2 Å². The van der Waals surface area contributed by atoms with E-state index in [1.54, 1.807) is 5.10 Å². The van der Waals surface area contributed by atoms with Gasteiger partial charge in [-0.05, 0) is 24.3 Å². The number of phenolic OH excluding ortho intramolecular Hbond substituents is 1. The first-order chi connectivity index (χ1) is 8.80. The molecule has 1 aromatic carbocycles. The number of phenols is 1. The summed E-state index contributed by atoms with van der Waals surface area (Å²) in [6.45, 7) is 0. The Balaban J connectivity index is 2.62. The van der Waals surface area contributed by atoms with Crippen LogP contribution in [0.25, 0.3) is 11.3 Å². The molecule has 0 spiro atoms. The summed E-state index contributed by atoms with van der Waals surface area (Å²) in [4.78, 5) is 11.0. The third-order valence-electron chi connectivity index (χ3n) is 2.40. The molecule has 100 valence electrons. The first kappa shape index (κ1) is 12.9.